The van der Waals surface area contributed by atoms with Gasteiger partial charge in [0.2, 0.25) is 0 Å². The molecule has 3 aromatic rings. The summed E-state index contributed by atoms with van der Waals surface area (Å²) in [5, 5.41) is 7.73. The minimum Gasteiger partial charge on any atom is -0.305 e. The molecule has 0 radical (unpaired) electrons. The normalized spacial score (nSPS) is 10.8. The van der Waals surface area contributed by atoms with Crippen molar-refractivity contribution < 1.29 is 4.79 Å². The van der Waals surface area contributed by atoms with Crippen LogP contribution in [-0.4, -0.2) is 20.9 Å². The highest BCUT2D eigenvalue weighted by Crippen LogP contribution is 2.23. The van der Waals surface area contributed by atoms with Crippen LogP contribution in [0, 0.1) is 0 Å². The van der Waals surface area contributed by atoms with Crippen LogP contribution in [0.1, 0.15) is 24.2 Å². The molecule has 0 saturated heterocycles. The summed E-state index contributed by atoms with van der Waals surface area (Å²) in [6.07, 6.45) is 1.83. The zero-order chi connectivity index (χ0) is 16.9. The third kappa shape index (κ3) is 4.06. The van der Waals surface area contributed by atoms with Gasteiger partial charge in [-0.1, -0.05) is 32.0 Å². The van der Waals surface area contributed by atoms with Crippen molar-refractivity contribution in [2.45, 2.75) is 24.0 Å². The molecule has 0 aliphatic carbocycles. The first-order valence-corrected chi connectivity index (χ1v) is 8.69. The van der Waals surface area contributed by atoms with E-state index in [9.17, 15) is 4.79 Å². The van der Waals surface area contributed by atoms with Crippen LogP contribution in [0.2, 0.25) is 0 Å². The summed E-state index contributed by atoms with van der Waals surface area (Å²) in [6.45, 7) is 4.29. The van der Waals surface area contributed by atoms with Crippen LogP contribution in [0.3, 0.4) is 0 Å². The quantitative estimate of drug-likeness (QED) is 0.691. The Morgan fingerprint density at radius 1 is 1.04 bits per heavy atom. The van der Waals surface area contributed by atoms with E-state index < -0.39 is 0 Å². The molecule has 0 aliphatic rings. The number of nitrogens with one attached hydrogen (secondary N) is 1. The third-order valence-corrected chi connectivity index (χ3v) is 4.36. The lowest BCUT2D eigenvalue weighted by Gasteiger charge is -2.06. The van der Waals surface area contributed by atoms with Gasteiger partial charge in [-0.15, -0.1) is 11.8 Å². The number of hydrogen-bond donors (Lipinski definition) is 1. The molecule has 1 aromatic heterocycles. The van der Waals surface area contributed by atoms with Gasteiger partial charge < -0.3 is 5.32 Å². The van der Waals surface area contributed by atoms with Crippen molar-refractivity contribution in [2.24, 2.45) is 0 Å². The van der Waals surface area contributed by atoms with E-state index in [1.54, 1.807) is 22.5 Å². The molecule has 5 heteroatoms. The number of hydrogen-bond acceptors (Lipinski definition) is 3. The van der Waals surface area contributed by atoms with Gasteiger partial charge in [0.05, 0.1) is 5.69 Å². The Kier molecular flexibility index (Phi) is 5.01. The molecular formula is C19H19N3OS. The fourth-order valence-electron chi connectivity index (χ4n) is 2.26. The van der Waals surface area contributed by atoms with Gasteiger partial charge in [0.15, 0.2) is 5.82 Å². The number of benzene rings is 2. The molecule has 1 heterocycles. The number of amides is 1. The zero-order valence-corrected chi connectivity index (χ0v) is 14.5. The maximum absolute atomic E-state index is 12.3. The molecule has 0 spiro atoms. The van der Waals surface area contributed by atoms with Gasteiger partial charge in [-0.2, -0.15) is 5.10 Å². The van der Waals surface area contributed by atoms with Crippen LogP contribution >= 0.6 is 11.8 Å². The van der Waals surface area contributed by atoms with E-state index in [2.05, 4.69) is 24.3 Å². The summed E-state index contributed by atoms with van der Waals surface area (Å²) in [7, 11) is 0. The van der Waals surface area contributed by atoms with Crippen LogP contribution < -0.4 is 5.32 Å². The summed E-state index contributed by atoms with van der Waals surface area (Å²) >= 11 is 1.78. The van der Waals surface area contributed by atoms with E-state index in [4.69, 9.17) is 0 Å². The van der Waals surface area contributed by atoms with Crippen molar-refractivity contribution >= 4 is 23.5 Å². The predicted molar refractivity (Wildman–Crippen MR) is 99.0 cm³/mol. The second-order valence-electron chi connectivity index (χ2n) is 5.63. The Bertz CT molecular complexity index is 810. The molecule has 24 heavy (non-hydrogen) atoms. The number of rotatable bonds is 5. The highest BCUT2D eigenvalue weighted by atomic mass is 32.2. The Morgan fingerprint density at radius 3 is 2.42 bits per heavy atom. The second kappa shape index (κ2) is 7.36. The number of aromatic nitrogens is 2. The predicted octanol–water partition coefficient (Wildman–Crippen LogP) is 4.63. The highest BCUT2D eigenvalue weighted by Gasteiger charge is 2.09. The molecule has 0 atom stereocenters. The van der Waals surface area contributed by atoms with E-state index in [1.165, 1.54) is 0 Å². The van der Waals surface area contributed by atoms with Gasteiger partial charge in [-0.3, -0.25) is 4.79 Å². The highest BCUT2D eigenvalue weighted by molar-refractivity contribution is 7.99. The van der Waals surface area contributed by atoms with Crippen molar-refractivity contribution in [2.75, 3.05) is 5.32 Å². The van der Waals surface area contributed by atoms with E-state index in [1.807, 2.05) is 60.8 Å². The maximum Gasteiger partial charge on any atom is 0.256 e. The Balaban J connectivity index is 1.68. The summed E-state index contributed by atoms with van der Waals surface area (Å²) in [6, 6.07) is 19.2. The first-order chi connectivity index (χ1) is 11.6. The van der Waals surface area contributed by atoms with Crippen molar-refractivity contribution in [1.29, 1.82) is 0 Å². The van der Waals surface area contributed by atoms with E-state index in [-0.39, 0.29) is 5.91 Å². The van der Waals surface area contributed by atoms with Gasteiger partial charge in [0.25, 0.3) is 5.91 Å². The van der Waals surface area contributed by atoms with Crippen LogP contribution in [0.15, 0.2) is 71.8 Å². The van der Waals surface area contributed by atoms with Gasteiger partial charge >= 0.3 is 0 Å². The van der Waals surface area contributed by atoms with Crippen LogP contribution in [-0.2, 0) is 0 Å². The van der Waals surface area contributed by atoms with Crippen LogP contribution in [0.4, 0.5) is 5.82 Å². The first kappa shape index (κ1) is 16.3. The van der Waals surface area contributed by atoms with Crippen molar-refractivity contribution in [3.63, 3.8) is 0 Å². The number of carbonyl (C=O) groups excluding carboxylic acids is 1. The summed E-state index contributed by atoms with van der Waals surface area (Å²) in [4.78, 5) is 13.5. The third-order valence-electron chi connectivity index (χ3n) is 3.34. The smallest absolute Gasteiger partial charge is 0.256 e. The SMILES string of the molecule is CC(C)Sc1ccc(C(=O)Nc2ccn(-c3ccccc3)n2)cc1. The topological polar surface area (TPSA) is 46.9 Å². The minimum absolute atomic E-state index is 0.158. The van der Waals surface area contributed by atoms with Crippen molar-refractivity contribution in [3.05, 3.63) is 72.4 Å². The van der Waals surface area contributed by atoms with Crippen molar-refractivity contribution in [1.82, 2.24) is 9.78 Å². The number of anilines is 1. The molecule has 0 fully saturated rings. The summed E-state index contributed by atoms with van der Waals surface area (Å²) in [5.74, 6) is 0.374. The number of thioether (sulfide) groups is 1. The Morgan fingerprint density at radius 2 is 1.75 bits per heavy atom. The maximum atomic E-state index is 12.3. The molecule has 1 N–H and O–H groups in total. The molecule has 0 aliphatic heterocycles. The molecule has 1 amide bonds. The van der Waals surface area contributed by atoms with E-state index in [0.29, 0.717) is 16.6 Å². The molecular weight excluding hydrogens is 318 g/mol. The zero-order valence-electron chi connectivity index (χ0n) is 13.6. The average Bonchev–Trinajstić information content (AvgIpc) is 3.04. The first-order valence-electron chi connectivity index (χ1n) is 7.81. The lowest BCUT2D eigenvalue weighted by atomic mass is 10.2. The molecule has 2 aromatic carbocycles. The molecule has 0 unspecified atom stereocenters. The van der Waals surface area contributed by atoms with E-state index >= 15 is 0 Å². The lowest BCUT2D eigenvalue weighted by molar-refractivity contribution is 0.102. The van der Waals surface area contributed by atoms with Crippen LogP contribution in [0.25, 0.3) is 5.69 Å². The van der Waals surface area contributed by atoms with Gasteiger partial charge in [-0.05, 0) is 36.4 Å². The number of nitrogens with zero attached hydrogens (tertiary/aromatic N) is 2. The van der Waals surface area contributed by atoms with Gasteiger partial charge in [0, 0.05) is 28.0 Å². The van der Waals surface area contributed by atoms with Gasteiger partial charge in [0.1, 0.15) is 0 Å². The minimum atomic E-state index is -0.158. The standard InChI is InChI=1S/C19H19N3OS/c1-14(2)24-17-10-8-15(9-11-17)19(23)20-18-12-13-22(21-18)16-6-4-3-5-7-16/h3-14H,1-2H3,(H,20,21,23). The second-order valence-corrected chi connectivity index (χ2v) is 7.28. The summed E-state index contributed by atoms with van der Waals surface area (Å²) in [5.41, 5.74) is 1.57. The number of carbonyl (C=O) groups is 1. The fraction of sp³-hybridized carbons (Fsp3) is 0.158. The summed E-state index contributed by atoms with van der Waals surface area (Å²) < 4.78 is 1.73. The average molecular weight is 337 g/mol. The number of para-hydroxylation sites is 1. The lowest BCUT2D eigenvalue weighted by Crippen LogP contribution is -2.12. The molecule has 0 saturated carbocycles. The Hall–Kier alpha value is -2.53. The molecule has 3 rings (SSSR count). The van der Waals surface area contributed by atoms with Gasteiger partial charge in [-0.25, -0.2) is 4.68 Å². The molecule has 0 bridgehead atoms. The molecule has 122 valence electrons. The Labute approximate surface area is 145 Å². The van der Waals surface area contributed by atoms with Crippen LogP contribution in [0.5, 0.6) is 0 Å². The fourth-order valence-corrected chi connectivity index (χ4v) is 3.10. The van der Waals surface area contributed by atoms with E-state index in [0.717, 1.165) is 10.6 Å². The van der Waals surface area contributed by atoms with Crippen molar-refractivity contribution in [3.8, 4) is 5.69 Å². The largest absolute Gasteiger partial charge is 0.305 e. The molecule has 4 nitrogen and oxygen atoms in total. The monoisotopic (exact) mass is 337 g/mol.